The molecule has 2 fully saturated rings. The second-order valence-corrected chi connectivity index (χ2v) is 7.85. The number of fused-ring (bicyclic) bond motifs is 1. The van der Waals surface area contributed by atoms with Crippen molar-refractivity contribution in [2.75, 3.05) is 24.7 Å². The Hall–Kier alpha value is -2.92. The van der Waals surface area contributed by atoms with Gasteiger partial charge < -0.3 is 41.4 Å². The van der Waals surface area contributed by atoms with Gasteiger partial charge in [-0.1, -0.05) is 0 Å². The van der Waals surface area contributed by atoms with E-state index in [0.29, 0.717) is 23.4 Å². The summed E-state index contributed by atoms with van der Waals surface area (Å²) in [6, 6.07) is 1.48. The molecule has 8 N–H and O–H groups in total. The molecule has 3 aromatic rings. The van der Waals surface area contributed by atoms with E-state index < -0.39 is 42.6 Å². The van der Waals surface area contributed by atoms with Crippen molar-refractivity contribution in [2.45, 2.75) is 49.7 Å². The predicted molar refractivity (Wildman–Crippen MR) is 123 cm³/mol. The number of aliphatic hydroxyl groups is 4. The van der Waals surface area contributed by atoms with Crippen molar-refractivity contribution < 1.29 is 29.9 Å². The molecule has 2 aliphatic rings. The second kappa shape index (κ2) is 11.2. The molecule has 192 valence electrons. The Morgan fingerprint density at radius 2 is 1.57 bits per heavy atom. The zero-order chi connectivity index (χ0) is 24.4. The van der Waals surface area contributed by atoms with Crippen LogP contribution in [0.3, 0.4) is 0 Å². The van der Waals surface area contributed by atoms with Gasteiger partial charge in [-0.2, -0.15) is 4.98 Å². The molecule has 0 aliphatic carbocycles. The zero-order valence-electron chi connectivity index (χ0n) is 18.4. The minimum Gasteiger partial charge on any atom is -0.394 e. The molecule has 0 aromatic carbocycles. The average Bonchev–Trinajstić information content (AvgIpc) is 3.51. The van der Waals surface area contributed by atoms with Gasteiger partial charge in [0.05, 0.1) is 31.7 Å². The van der Waals surface area contributed by atoms with E-state index in [4.69, 9.17) is 31.2 Å². The third kappa shape index (κ3) is 5.51. The van der Waals surface area contributed by atoms with Gasteiger partial charge in [-0.05, 0) is 6.07 Å². The number of rotatable bonds is 4. The maximum Gasteiger partial charge on any atom is 0.351 e. The molecule has 15 nitrogen and oxygen atoms in total. The number of ether oxygens (including phenoxy) is 2. The first-order chi connectivity index (χ1) is 16.3. The maximum absolute atomic E-state index is 11.5. The van der Waals surface area contributed by atoms with E-state index in [1.165, 1.54) is 23.2 Å². The van der Waals surface area contributed by atoms with Crippen LogP contribution < -0.4 is 17.2 Å². The second-order valence-electron chi connectivity index (χ2n) is 7.85. The SMILES string of the molecule is Cl.Nc1ccn([C@H]2C[C@H](O)[C@@H](CO)O2)c(=O)n1.Nc1ncnc2c1ncn2[C@H]1C[C@H](O)[C@@H](CO)O1. The first-order valence-electron chi connectivity index (χ1n) is 10.5. The molecule has 3 aromatic heterocycles. The molecular formula is C19H27ClN8O7. The Bertz CT molecular complexity index is 1190. The Morgan fingerprint density at radius 1 is 0.971 bits per heavy atom. The highest BCUT2D eigenvalue weighted by atomic mass is 35.5. The number of hydrogen-bond donors (Lipinski definition) is 6. The highest BCUT2D eigenvalue weighted by Gasteiger charge is 2.36. The van der Waals surface area contributed by atoms with E-state index in [1.54, 1.807) is 10.9 Å². The summed E-state index contributed by atoms with van der Waals surface area (Å²) in [6.07, 6.45) is 1.26. The van der Waals surface area contributed by atoms with Gasteiger partial charge >= 0.3 is 5.69 Å². The summed E-state index contributed by atoms with van der Waals surface area (Å²) < 4.78 is 13.8. The van der Waals surface area contributed by atoms with E-state index in [0.717, 1.165) is 0 Å². The zero-order valence-corrected chi connectivity index (χ0v) is 19.2. The lowest BCUT2D eigenvalue weighted by atomic mass is 10.2. The number of anilines is 2. The standard InChI is InChI=1S/C10H13N5O3.C9H13N3O4.ClH/c11-9-8-10(13-3-12-9)15(4-14-8)7-1-5(17)6(2-16)18-7;10-7-1-2-12(9(15)11-7)8-3-5(14)6(4-13)16-8;/h3-7,16-17H,1-2H2,(H2,11,12,13);1-2,5-6,8,13-14H,3-4H2,(H2,10,11,15);1H/t5-,6+,7+;5-,6+,8+;/m00./s1. The normalized spacial score (nSPS) is 27.9. The van der Waals surface area contributed by atoms with Crippen LogP contribution >= 0.6 is 12.4 Å². The van der Waals surface area contributed by atoms with Crippen LogP contribution in [0.15, 0.2) is 29.7 Å². The minimum absolute atomic E-state index is 0. The predicted octanol–water partition coefficient (Wildman–Crippen LogP) is -2.06. The van der Waals surface area contributed by atoms with Crippen LogP contribution in [0, 0.1) is 0 Å². The average molecular weight is 515 g/mol. The first-order valence-corrected chi connectivity index (χ1v) is 10.5. The number of aromatic nitrogens is 6. The Labute approximate surface area is 204 Å². The molecule has 6 atom stereocenters. The van der Waals surface area contributed by atoms with Gasteiger partial charge in [0, 0.05) is 19.0 Å². The van der Waals surface area contributed by atoms with E-state index >= 15 is 0 Å². The van der Waals surface area contributed by atoms with Gasteiger partial charge in [0.1, 0.15) is 42.3 Å². The summed E-state index contributed by atoms with van der Waals surface area (Å²) in [7, 11) is 0. The lowest BCUT2D eigenvalue weighted by molar-refractivity contribution is -0.0458. The molecule has 35 heavy (non-hydrogen) atoms. The number of nitrogens with zero attached hydrogens (tertiary/aromatic N) is 6. The number of nitrogens with two attached hydrogens (primary N) is 2. The third-order valence-corrected chi connectivity index (χ3v) is 5.63. The molecular weight excluding hydrogens is 488 g/mol. The highest BCUT2D eigenvalue weighted by Crippen LogP contribution is 2.31. The van der Waals surface area contributed by atoms with Crippen LogP contribution in [0.5, 0.6) is 0 Å². The van der Waals surface area contributed by atoms with E-state index in [-0.39, 0.29) is 37.9 Å². The summed E-state index contributed by atoms with van der Waals surface area (Å²) in [5.41, 5.74) is 11.6. The summed E-state index contributed by atoms with van der Waals surface area (Å²) in [6.45, 7) is -0.504. The van der Waals surface area contributed by atoms with Crippen molar-refractivity contribution in [2.24, 2.45) is 0 Å². The van der Waals surface area contributed by atoms with Crippen LogP contribution in [-0.2, 0) is 9.47 Å². The smallest absolute Gasteiger partial charge is 0.351 e. The van der Waals surface area contributed by atoms with Crippen LogP contribution in [0.4, 0.5) is 11.6 Å². The van der Waals surface area contributed by atoms with Gasteiger partial charge in [-0.15, -0.1) is 12.4 Å². The number of aliphatic hydroxyl groups excluding tert-OH is 4. The third-order valence-electron chi connectivity index (χ3n) is 5.63. The van der Waals surface area contributed by atoms with Crippen LogP contribution in [0.25, 0.3) is 11.2 Å². The molecule has 0 saturated carbocycles. The Morgan fingerprint density at radius 3 is 2.11 bits per heavy atom. The Kier molecular flexibility index (Phi) is 8.55. The first kappa shape index (κ1) is 26.7. The van der Waals surface area contributed by atoms with Crippen molar-refractivity contribution in [1.82, 2.24) is 29.1 Å². The van der Waals surface area contributed by atoms with Gasteiger partial charge in [0.2, 0.25) is 0 Å². The largest absolute Gasteiger partial charge is 0.394 e. The van der Waals surface area contributed by atoms with Crippen molar-refractivity contribution in [3.8, 4) is 0 Å². The fraction of sp³-hybridized carbons (Fsp3) is 0.526. The lowest BCUT2D eigenvalue weighted by Gasteiger charge is -2.13. The monoisotopic (exact) mass is 514 g/mol. The van der Waals surface area contributed by atoms with Gasteiger partial charge in [-0.3, -0.25) is 9.13 Å². The van der Waals surface area contributed by atoms with Crippen LogP contribution in [-0.4, -0.2) is 87.1 Å². The van der Waals surface area contributed by atoms with Gasteiger partial charge in [0.25, 0.3) is 0 Å². The van der Waals surface area contributed by atoms with Crippen molar-refractivity contribution >= 4 is 35.2 Å². The van der Waals surface area contributed by atoms with Crippen molar-refractivity contribution in [3.05, 3.63) is 35.4 Å². The molecule has 16 heteroatoms. The van der Waals surface area contributed by atoms with E-state index in [1.807, 2.05) is 0 Å². The van der Waals surface area contributed by atoms with Gasteiger partial charge in [-0.25, -0.2) is 19.7 Å². The fourth-order valence-corrected chi connectivity index (χ4v) is 3.83. The summed E-state index contributed by atoms with van der Waals surface area (Å²) in [5.74, 6) is 0.439. The number of halogens is 1. The molecule has 0 bridgehead atoms. The lowest BCUT2D eigenvalue weighted by Crippen LogP contribution is -2.27. The molecule has 2 saturated heterocycles. The quantitative estimate of drug-likeness (QED) is 0.220. The molecule has 0 spiro atoms. The number of nitrogen functional groups attached to an aromatic ring is 2. The maximum atomic E-state index is 11.5. The van der Waals surface area contributed by atoms with Crippen molar-refractivity contribution in [3.63, 3.8) is 0 Å². The summed E-state index contributed by atoms with van der Waals surface area (Å²) >= 11 is 0. The molecule has 5 rings (SSSR count). The van der Waals surface area contributed by atoms with E-state index in [9.17, 15) is 15.0 Å². The van der Waals surface area contributed by atoms with Crippen molar-refractivity contribution in [1.29, 1.82) is 0 Å². The summed E-state index contributed by atoms with van der Waals surface area (Å²) in [5, 5.41) is 37.2. The number of imidazole rings is 1. The minimum atomic E-state index is -0.778. The number of hydrogen-bond acceptors (Lipinski definition) is 13. The van der Waals surface area contributed by atoms with Gasteiger partial charge in [0.15, 0.2) is 11.5 Å². The molecule has 5 heterocycles. The molecule has 0 unspecified atom stereocenters. The molecule has 2 aliphatic heterocycles. The van der Waals surface area contributed by atoms with Crippen LogP contribution in [0.2, 0.25) is 0 Å². The fourth-order valence-electron chi connectivity index (χ4n) is 3.83. The molecule has 0 amide bonds. The molecule has 0 radical (unpaired) electrons. The topological polar surface area (TPSA) is 230 Å². The summed E-state index contributed by atoms with van der Waals surface area (Å²) in [4.78, 5) is 27.1. The highest BCUT2D eigenvalue weighted by molar-refractivity contribution is 5.85. The van der Waals surface area contributed by atoms with Crippen LogP contribution in [0.1, 0.15) is 25.3 Å². The Balaban J connectivity index is 0.000000192. The van der Waals surface area contributed by atoms with E-state index in [2.05, 4.69) is 19.9 Å².